The summed E-state index contributed by atoms with van der Waals surface area (Å²) in [7, 11) is 1.94. The van der Waals surface area contributed by atoms with Crippen molar-refractivity contribution in [1.29, 1.82) is 0 Å². The SMILES string of the molecule is CCOc1ccc(C(=O)N2CCC(CCNC)CC2)cc1[N+](=O)[O-].Cl. The molecular weight excluding hydrogens is 346 g/mol. The molecule has 0 aliphatic carbocycles. The lowest BCUT2D eigenvalue weighted by molar-refractivity contribution is -0.385. The van der Waals surface area contributed by atoms with E-state index in [1.54, 1.807) is 17.9 Å². The maximum atomic E-state index is 12.6. The number of rotatable bonds is 7. The summed E-state index contributed by atoms with van der Waals surface area (Å²) in [5.74, 6) is 0.689. The highest BCUT2D eigenvalue weighted by Crippen LogP contribution is 2.29. The van der Waals surface area contributed by atoms with E-state index in [0.717, 1.165) is 25.8 Å². The molecule has 1 aliphatic rings. The zero-order valence-electron chi connectivity index (χ0n) is 14.7. The Kier molecular flexibility index (Phi) is 8.65. The summed E-state index contributed by atoms with van der Waals surface area (Å²) in [6, 6.07) is 4.43. The molecule has 1 aromatic carbocycles. The van der Waals surface area contributed by atoms with Gasteiger partial charge in [-0.1, -0.05) is 0 Å². The summed E-state index contributed by atoms with van der Waals surface area (Å²) in [6.07, 6.45) is 3.08. The van der Waals surface area contributed by atoms with Gasteiger partial charge < -0.3 is 15.0 Å². The maximum absolute atomic E-state index is 12.6. The Balaban J connectivity index is 0.00000312. The highest BCUT2D eigenvalue weighted by atomic mass is 35.5. The minimum atomic E-state index is -0.508. The highest BCUT2D eigenvalue weighted by molar-refractivity contribution is 5.95. The first-order chi connectivity index (χ1) is 11.6. The molecule has 1 aliphatic heterocycles. The molecule has 1 N–H and O–H groups in total. The summed E-state index contributed by atoms with van der Waals surface area (Å²) >= 11 is 0. The van der Waals surface area contributed by atoms with Crippen LogP contribution in [0.5, 0.6) is 5.75 Å². The van der Waals surface area contributed by atoms with Gasteiger partial charge in [0, 0.05) is 24.7 Å². The van der Waals surface area contributed by atoms with E-state index in [0.29, 0.717) is 31.2 Å². The second-order valence-electron chi connectivity index (χ2n) is 6.00. The van der Waals surface area contributed by atoms with Crippen molar-refractivity contribution < 1.29 is 14.5 Å². The van der Waals surface area contributed by atoms with Gasteiger partial charge in [0.1, 0.15) is 0 Å². The first kappa shape index (κ1) is 21.2. The summed E-state index contributed by atoms with van der Waals surface area (Å²) in [4.78, 5) is 25.1. The number of ether oxygens (including phenoxy) is 1. The Bertz CT molecular complexity index is 589. The fourth-order valence-corrected chi connectivity index (χ4v) is 3.03. The standard InChI is InChI=1S/C17H25N3O4.ClH/c1-3-24-16-5-4-14(12-15(16)20(22)23)17(21)19-10-7-13(8-11-19)6-9-18-2;/h4-5,12-13,18H,3,6-11H2,1-2H3;1H. The van der Waals surface area contributed by atoms with Crippen molar-refractivity contribution >= 4 is 24.0 Å². The monoisotopic (exact) mass is 371 g/mol. The van der Waals surface area contributed by atoms with Gasteiger partial charge in [0.15, 0.2) is 5.75 Å². The first-order valence-corrected chi connectivity index (χ1v) is 8.42. The fourth-order valence-electron chi connectivity index (χ4n) is 3.03. The average molecular weight is 372 g/mol. The van der Waals surface area contributed by atoms with E-state index in [1.165, 1.54) is 12.1 Å². The van der Waals surface area contributed by atoms with Crippen LogP contribution in [0, 0.1) is 16.0 Å². The van der Waals surface area contributed by atoms with Crippen LogP contribution in [0.25, 0.3) is 0 Å². The summed E-state index contributed by atoms with van der Waals surface area (Å²) in [5, 5.41) is 14.3. The fraction of sp³-hybridized carbons (Fsp3) is 0.588. The third kappa shape index (κ3) is 5.57. The number of halogens is 1. The third-order valence-electron chi connectivity index (χ3n) is 4.41. The molecule has 0 aromatic heterocycles. The van der Waals surface area contributed by atoms with Gasteiger partial charge in [0.05, 0.1) is 11.5 Å². The number of carbonyl (C=O) groups is 1. The Labute approximate surface area is 154 Å². The number of likely N-dealkylation sites (tertiary alicyclic amines) is 1. The predicted molar refractivity (Wildman–Crippen MR) is 98.7 cm³/mol. The van der Waals surface area contributed by atoms with Gasteiger partial charge >= 0.3 is 5.69 Å². The van der Waals surface area contributed by atoms with Crippen molar-refractivity contribution in [2.75, 3.05) is 33.3 Å². The minimum absolute atomic E-state index is 0. The predicted octanol–water partition coefficient (Wildman–Crippen LogP) is 2.88. The van der Waals surface area contributed by atoms with E-state index in [4.69, 9.17) is 4.74 Å². The number of piperidine rings is 1. The lowest BCUT2D eigenvalue weighted by atomic mass is 9.93. The summed E-state index contributed by atoms with van der Waals surface area (Å²) in [6.45, 7) is 4.50. The van der Waals surface area contributed by atoms with Crippen molar-refractivity contribution in [1.82, 2.24) is 10.2 Å². The van der Waals surface area contributed by atoms with Gasteiger partial charge in [0.2, 0.25) is 0 Å². The number of carbonyl (C=O) groups excluding carboxylic acids is 1. The smallest absolute Gasteiger partial charge is 0.311 e. The Morgan fingerprint density at radius 2 is 2.08 bits per heavy atom. The molecule has 25 heavy (non-hydrogen) atoms. The highest BCUT2D eigenvalue weighted by Gasteiger charge is 2.25. The summed E-state index contributed by atoms with van der Waals surface area (Å²) < 4.78 is 5.26. The second-order valence-corrected chi connectivity index (χ2v) is 6.00. The quantitative estimate of drug-likeness (QED) is 0.588. The van der Waals surface area contributed by atoms with Crippen molar-refractivity contribution in [3.8, 4) is 5.75 Å². The van der Waals surface area contributed by atoms with Crippen LogP contribution in [0.2, 0.25) is 0 Å². The van der Waals surface area contributed by atoms with Crippen LogP contribution in [-0.4, -0.2) is 49.0 Å². The Morgan fingerprint density at radius 3 is 2.64 bits per heavy atom. The molecule has 1 fully saturated rings. The van der Waals surface area contributed by atoms with E-state index in [2.05, 4.69) is 5.32 Å². The van der Waals surface area contributed by atoms with E-state index in [1.807, 2.05) is 7.05 Å². The number of nitrogens with one attached hydrogen (secondary N) is 1. The third-order valence-corrected chi connectivity index (χ3v) is 4.41. The van der Waals surface area contributed by atoms with Crippen LogP contribution in [0.4, 0.5) is 5.69 Å². The van der Waals surface area contributed by atoms with Gasteiger partial charge in [-0.2, -0.15) is 0 Å². The topological polar surface area (TPSA) is 84.7 Å². The van der Waals surface area contributed by atoms with Gasteiger partial charge in [-0.05, 0) is 57.8 Å². The number of benzene rings is 1. The Morgan fingerprint density at radius 1 is 1.40 bits per heavy atom. The van der Waals surface area contributed by atoms with E-state index >= 15 is 0 Å². The largest absolute Gasteiger partial charge is 0.487 e. The number of nitro groups is 1. The number of nitro benzene ring substituents is 1. The zero-order chi connectivity index (χ0) is 17.5. The number of hydrogen-bond donors (Lipinski definition) is 1. The van der Waals surface area contributed by atoms with Crippen molar-refractivity contribution in [2.45, 2.75) is 26.2 Å². The zero-order valence-corrected chi connectivity index (χ0v) is 15.5. The second kappa shape index (κ2) is 10.2. The number of nitrogens with zero attached hydrogens (tertiary/aromatic N) is 2. The molecule has 2 rings (SSSR count). The molecule has 8 heteroatoms. The first-order valence-electron chi connectivity index (χ1n) is 8.42. The van der Waals surface area contributed by atoms with Gasteiger partial charge in [-0.25, -0.2) is 0 Å². The molecule has 0 bridgehead atoms. The molecule has 0 spiro atoms. The van der Waals surface area contributed by atoms with Crippen LogP contribution in [0.1, 0.15) is 36.5 Å². The molecule has 140 valence electrons. The van der Waals surface area contributed by atoms with E-state index in [9.17, 15) is 14.9 Å². The van der Waals surface area contributed by atoms with Gasteiger partial charge in [0.25, 0.3) is 5.91 Å². The van der Waals surface area contributed by atoms with Crippen LogP contribution < -0.4 is 10.1 Å². The molecule has 0 radical (unpaired) electrons. The van der Waals surface area contributed by atoms with E-state index < -0.39 is 4.92 Å². The molecule has 1 saturated heterocycles. The molecule has 7 nitrogen and oxygen atoms in total. The molecule has 0 unspecified atom stereocenters. The minimum Gasteiger partial charge on any atom is -0.487 e. The number of hydrogen-bond acceptors (Lipinski definition) is 5. The lowest BCUT2D eigenvalue weighted by Crippen LogP contribution is -2.39. The molecule has 0 atom stereocenters. The van der Waals surface area contributed by atoms with Crippen LogP contribution >= 0.6 is 12.4 Å². The van der Waals surface area contributed by atoms with Gasteiger partial charge in [-0.3, -0.25) is 14.9 Å². The summed E-state index contributed by atoms with van der Waals surface area (Å²) in [5.41, 5.74) is 0.186. The molecule has 1 aromatic rings. The lowest BCUT2D eigenvalue weighted by Gasteiger charge is -2.32. The Hall–Kier alpha value is -1.86. The van der Waals surface area contributed by atoms with Crippen molar-refractivity contribution in [2.24, 2.45) is 5.92 Å². The number of amides is 1. The molecule has 1 amide bonds. The van der Waals surface area contributed by atoms with Crippen molar-refractivity contribution in [3.63, 3.8) is 0 Å². The van der Waals surface area contributed by atoms with Crippen LogP contribution in [-0.2, 0) is 0 Å². The molecule has 0 saturated carbocycles. The van der Waals surface area contributed by atoms with Crippen molar-refractivity contribution in [3.05, 3.63) is 33.9 Å². The van der Waals surface area contributed by atoms with Crippen LogP contribution in [0.3, 0.4) is 0 Å². The van der Waals surface area contributed by atoms with E-state index in [-0.39, 0.29) is 29.8 Å². The molecule has 1 heterocycles. The normalized spacial score (nSPS) is 14.7. The van der Waals surface area contributed by atoms with Crippen LogP contribution in [0.15, 0.2) is 18.2 Å². The van der Waals surface area contributed by atoms with Gasteiger partial charge in [-0.15, -0.1) is 12.4 Å². The molecular formula is C17H26ClN3O4. The average Bonchev–Trinajstić information content (AvgIpc) is 2.60. The maximum Gasteiger partial charge on any atom is 0.311 e.